The summed E-state index contributed by atoms with van der Waals surface area (Å²) < 4.78 is 0. The second-order valence-electron chi connectivity index (χ2n) is 9.26. The number of benzene rings is 2. The maximum Gasteiger partial charge on any atom is 0.270 e. The van der Waals surface area contributed by atoms with Crippen molar-refractivity contribution in [3.8, 4) is 11.4 Å². The van der Waals surface area contributed by atoms with Gasteiger partial charge in [-0.05, 0) is 61.2 Å². The third-order valence-corrected chi connectivity index (χ3v) is 6.71. The minimum atomic E-state index is -0.306. The van der Waals surface area contributed by atoms with Crippen LogP contribution in [0.15, 0.2) is 72.1 Å². The van der Waals surface area contributed by atoms with Crippen LogP contribution in [0, 0.1) is 0 Å². The highest BCUT2D eigenvalue weighted by molar-refractivity contribution is 5.98. The molecule has 4 aromatic rings. The standard InChI is InChI=1S/C28H29N7O2/c1-17(16-31-29-2)18-6-8-21(9-7-18)32-26-10-11-30-27(34-26)20-5-4-19-12-25(33-24(19)13-20)28(37)35(3)22-14-23(36)15-22/h4-13,16,22-23,31,33,36H,2,14-15H2,1,3H3,(H,30,32,34)/b17-16+. The molecule has 0 bridgehead atoms. The number of allylic oxidation sites excluding steroid dienone is 1. The van der Waals surface area contributed by atoms with Gasteiger partial charge in [0.05, 0.1) is 6.10 Å². The summed E-state index contributed by atoms with van der Waals surface area (Å²) in [5, 5.41) is 17.4. The quantitative estimate of drug-likeness (QED) is 0.211. The predicted octanol–water partition coefficient (Wildman–Crippen LogP) is 4.53. The Morgan fingerprint density at radius 3 is 2.70 bits per heavy atom. The van der Waals surface area contributed by atoms with Crippen LogP contribution in [0.25, 0.3) is 27.9 Å². The molecular formula is C28H29N7O2. The molecule has 0 spiro atoms. The Kier molecular flexibility index (Phi) is 6.70. The Morgan fingerprint density at radius 2 is 1.97 bits per heavy atom. The van der Waals surface area contributed by atoms with Gasteiger partial charge in [0.1, 0.15) is 11.5 Å². The van der Waals surface area contributed by atoms with Gasteiger partial charge in [0.15, 0.2) is 5.82 Å². The number of hydrogen-bond donors (Lipinski definition) is 4. The number of aliphatic hydroxyl groups is 1. The molecule has 37 heavy (non-hydrogen) atoms. The lowest BCUT2D eigenvalue weighted by Gasteiger charge is -2.38. The molecule has 2 heterocycles. The molecule has 0 radical (unpaired) electrons. The second-order valence-corrected chi connectivity index (χ2v) is 9.26. The molecule has 188 valence electrons. The number of carbonyl (C=O) groups excluding carboxylic acids is 1. The fourth-order valence-electron chi connectivity index (χ4n) is 4.37. The first-order valence-electron chi connectivity index (χ1n) is 12.1. The Labute approximate surface area is 215 Å². The molecule has 1 amide bonds. The van der Waals surface area contributed by atoms with Gasteiger partial charge in [-0.3, -0.25) is 10.2 Å². The van der Waals surface area contributed by atoms with Crippen LogP contribution in [0.4, 0.5) is 11.5 Å². The van der Waals surface area contributed by atoms with Crippen molar-refractivity contribution in [1.82, 2.24) is 25.3 Å². The van der Waals surface area contributed by atoms with E-state index in [9.17, 15) is 9.90 Å². The van der Waals surface area contributed by atoms with Crippen molar-refractivity contribution in [3.63, 3.8) is 0 Å². The molecule has 1 aliphatic carbocycles. The molecule has 0 aliphatic heterocycles. The zero-order chi connectivity index (χ0) is 25.9. The minimum Gasteiger partial charge on any atom is -0.393 e. The summed E-state index contributed by atoms with van der Waals surface area (Å²) in [6.45, 7) is 5.40. The van der Waals surface area contributed by atoms with Crippen molar-refractivity contribution in [2.24, 2.45) is 5.10 Å². The van der Waals surface area contributed by atoms with E-state index in [0.717, 1.165) is 33.3 Å². The third kappa shape index (κ3) is 5.22. The van der Waals surface area contributed by atoms with Crippen LogP contribution in [-0.4, -0.2) is 56.8 Å². The predicted molar refractivity (Wildman–Crippen MR) is 147 cm³/mol. The normalized spacial score (nSPS) is 17.2. The van der Waals surface area contributed by atoms with Crippen LogP contribution in [-0.2, 0) is 0 Å². The van der Waals surface area contributed by atoms with Crippen LogP contribution < -0.4 is 10.7 Å². The number of H-pyrrole nitrogens is 1. The molecule has 0 saturated heterocycles. The number of aliphatic hydroxyl groups excluding tert-OH is 1. The number of nitrogens with one attached hydrogen (secondary N) is 3. The first kappa shape index (κ1) is 24.2. The van der Waals surface area contributed by atoms with Gasteiger partial charge in [-0.1, -0.05) is 24.3 Å². The van der Waals surface area contributed by atoms with Crippen LogP contribution in [0.2, 0.25) is 0 Å². The lowest BCUT2D eigenvalue weighted by molar-refractivity contribution is 0.0130. The summed E-state index contributed by atoms with van der Waals surface area (Å²) in [4.78, 5) is 27.0. The van der Waals surface area contributed by atoms with Crippen LogP contribution in [0.3, 0.4) is 0 Å². The topological polar surface area (TPSA) is 119 Å². The van der Waals surface area contributed by atoms with Gasteiger partial charge in [-0.2, -0.15) is 5.10 Å². The molecule has 1 saturated carbocycles. The third-order valence-electron chi connectivity index (χ3n) is 6.71. The van der Waals surface area contributed by atoms with Crippen molar-refractivity contribution in [2.45, 2.75) is 31.9 Å². The lowest BCUT2D eigenvalue weighted by atomic mass is 9.88. The number of hydrazone groups is 1. The zero-order valence-electron chi connectivity index (χ0n) is 20.8. The van der Waals surface area contributed by atoms with Gasteiger partial charge in [-0.15, -0.1) is 0 Å². The van der Waals surface area contributed by atoms with Gasteiger partial charge in [-0.25, -0.2) is 9.97 Å². The van der Waals surface area contributed by atoms with Gasteiger partial charge < -0.3 is 20.3 Å². The molecule has 1 fully saturated rings. The molecule has 5 rings (SSSR count). The van der Waals surface area contributed by atoms with Crippen molar-refractivity contribution >= 4 is 40.6 Å². The highest BCUT2D eigenvalue weighted by Gasteiger charge is 2.33. The highest BCUT2D eigenvalue weighted by Crippen LogP contribution is 2.28. The van der Waals surface area contributed by atoms with Crippen molar-refractivity contribution in [3.05, 3.63) is 78.3 Å². The number of rotatable bonds is 8. The van der Waals surface area contributed by atoms with E-state index in [1.807, 2.05) is 61.5 Å². The van der Waals surface area contributed by atoms with Gasteiger partial charge in [0, 0.05) is 54.4 Å². The number of aromatic nitrogens is 3. The number of amides is 1. The molecular weight excluding hydrogens is 466 g/mol. The Hall–Kier alpha value is -4.50. The van der Waals surface area contributed by atoms with Gasteiger partial charge >= 0.3 is 0 Å². The van der Waals surface area contributed by atoms with Crippen molar-refractivity contribution in [1.29, 1.82) is 0 Å². The summed E-state index contributed by atoms with van der Waals surface area (Å²) in [6, 6.07) is 17.6. The van der Waals surface area contributed by atoms with E-state index in [0.29, 0.717) is 30.2 Å². The first-order chi connectivity index (χ1) is 17.9. The Morgan fingerprint density at radius 1 is 1.19 bits per heavy atom. The van der Waals surface area contributed by atoms with Crippen molar-refractivity contribution in [2.75, 3.05) is 12.4 Å². The number of anilines is 2. The number of nitrogens with zero attached hydrogens (tertiary/aromatic N) is 4. The fraction of sp³-hybridized carbons (Fsp3) is 0.214. The summed E-state index contributed by atoms with van der Waals surface area (Å²) >= 11 is 0. The van der Waals surface area contributed by atoms with E-state index in [4.69, 9.17) is 0 Å². The van der Waals surface area contributed by atoms with E-state index >= 15 is 0 Å². The number of aromatic amines is 1. The van der Waals surface area contributed by atoms with Crippen LogP contribution >= 0.6 is 0 Å². The highest BCUT2D eigenvalue weighted by atomic mass is 16.3. The number of hydrogen-bond acceptors (Lipinski definition) is 7. The molecule has 4 N–H and O–H groups in total. The van der Waals surface area contributed by atoms with E-state index in [2.05, 4.69) is 37.5 Å². The summed E-state index contributed by atoms with van der Waals surface area (Å²) in [7, 11) is 1.78. The van der Waals surface area contributed by atoms with E-state index in [-0.39, 0.29) is 18.1 Å². The molecule has 9 nitrogen and oxygen atoms in total. The Bertz CT molecular complexity index is 1470. The maximum atomic E-state index is 12.9. The summed E-state index contributed by atoms with van der Waals surface area (Å²) in [5.74, 6) is 1.17. The maximum absolute atomic E-state index is 12.9. The fourth-order valence-corrected chi connectivity index (χ4v) is 4.37. The summed E-state index contributed by atoms with van der Waals surface area (Å²) in [6.07, 6.45) is 4.46. The average Bonchev–Trinajstić information content (AvgIpc) is 3.33. The molecule has 1 aliphatic rings. The second kappa shape index (κ2) is 10.2. The number of carbonyl (C=O) groups is 1. The first-order valence-corrected chi connectivity index (χ1v) is 12.1. The van der Waals surface area contributed by atoms with Crippen molar-refractivity contribution < 1.29 is 9.90 Å². The molecule has 0 atom stereocenters. The molecule has 2 aromatic carbocycles. The van der Waals surface area contributed by atoms with Gasteiger partial charge in [0.2, 0.25) is 0 Å². The lowest BCUT2D eigenvalue weighted by Crippen LogP contribution is -2.47. The van der Waals surface area contributed by atoms with E-state index in [1.54, 1.807) is 24.3 Å². The largest absolute Gasteiger partial charge is 0.393 e. The van der Waals surface area contributed by atoms with Gasteiger partial charge in [0.25, 0.3) is 5.91 Å². The van der Waals surface area contributed by atoms with E-state index in [1.165, 1.54) is 0 Å². The zero-order valence-corrected chi connectivity index (χ0v) is 20.8. The van der Waals surface area contributed by atoms with E-state index < -0.39 is 0 Å². The average molecular weight is 496 g/mol. The van der Waals surface area contributed by atoms with Crippen LogP contribution in [0.1, 0.15) is 35.8 Å². The molecule has 0 unspecified atom stereocenters. The molecule has 2 aromatic heterocycles. The minimum absolute atomic E-state index is 0.0800. The molecule has 9 heteroatoms. The summed E-state index contributed by atoms with van der Waals surface area (Å²) in [5.41, 5.74) is 7.96. The van der Waals surface area contributed by atoms with Crippen LogP contribution in [0.5, 0.6) is 0 Å². The number of fused-ring (bicyclic) bond motifs is 1. The smallest absolute Gasteiger partial charge is 0.270 e. The Balaban J connectivity index is 1.32. The monoisotopic (exact) mass is 495 g/mol. The SMILES string of the molecule is C=NN/C=C(\C)c1ccc(Nc2ccnc(-c3ccc4cc(C(=O)N(C)C5CC(O)C5)[nH]c4c3)n2)cc1.